The van der Waals surface area contributed by atoms with Gasteiger partial charge in [0.05, 0.1) is 6.21 Å². The highest BCUT2D eigenvalue weighted by molar-refractivity contribution is 5.86. The van der Waals surface area contributed by atoms with Crippen molar-refractivity contribution in [1.29, 1.82) is 0 Å². The van der Waals surface area contributed by atoms with Gasteiger partial charge in [-0.3, -0.25) is 4.79 Å². The number of hydrogen-bond acceptors (Lipinski definition) is 5. The number of ether oxygens (including phenoxy) is 1. The van der Waals surface area contributed by atoms with E-state index in [2.05, 4.69) is 10.5 Å². The Bertz CT molecular complexity index is 698. The van der Waals surface area contributed by atoms with Gasteiger partial charge in [-0.05, 0) is 36.8 Å². The molecule has 3 N–H and O–H groups in total. The molecule has 0 aliphatic carbocycles. The first-order valence-corrected chi connectivity index (χ1v) is 6.58. The van der Waals surface area contributed by atoms with Crippen molar-refractivity contribution < 1.29 is 19.7 Å². The average Bonchev–Trinajstić information content (AvgIpc) is 2.49. The molecule has 0 radical (unpaired) electrons. The van der Waals surface area contributed by atoms with Crippen LogP contribution in [-0.4, -0.2) is 28.9 Å². The number of rotatable bonds is 5. The van der Waals surface area contributed by atoms with Gasteiger partial charge in [-0.25, -0.2) is 5.43 Å². The molecule has 22 heavy (non-hydrogen) atoms. The average molecular weight is 300 g/mol. The van der Waals surface area contributed by atoms with Crippen LogP contribution in [0, 0.1) is 6.92 Å². The number of phenols is 2. The van der Waals surface area contributed by atoms with Crippen molar-refractivity contribution in [2.75, 3.05) is 6.61 Å². The monoisotopic (exact) mass is 300 g/mol. The van der Waals surface area contributed by atoms with Crippen LogP contribution in [0.5, 0.6) is 17.2 Å². The SMILES string of the molecule is Cc1cccc(OCC(=O)N/N=C/c2cccc(O)c2O)c1. The number of hydrazone groups is 1. The molecule has 0 atom stereocenters. The molecule has 2 aromatic rings. The van der Waals surface area contributed by atoms with Gasteiger partial charge in [-0.15, -0.1) is 0 Å². The number of benzene rings is 2. The Morgan fingerprint density at radius 3 is 2.82 bits per heavy atom. The van der Waals surface area contributed by atoms with Crippen molar-refractivity contribution in [3.05, 3.63) is 53.6 Å². The van der Waals surface area contributed by atoms with E-state index in [1.165, 1.54) is 12.3 Å². The predicted octanol–water partition coefficient (Wildman–Crippen LogP) is 1.94. The lowest BCUT2D eigenvalue weighted by atomic mass is 10.2. The molecular formula is C16H16N2O4. The summed E-state index contributed by atoms with van der Waals surface area (Å²) in [6, 6.07) is 11.8. The minimum Gasteiger partial charge on any atom is -0.504 e. The lowest BCUT2D eigenvalue weighted by Crippen LogP contribution is -2.24. The van der Waals surface area contributed by atoms with E-state index in [0.717, 1.165) is 5.56 Å². The number of nitrogens with one attached hydrogen (secondary N) is 1. The first-order valence-electron chi connectivity index (χ1n) is 6.58. The summed E-state index contributed by atoms with van der Waals surface area (Å²) in [6.45, 7) is 1.76. The lowest BCUT2D eigenvalue weighted by Gasteiger charge is -2.05. The summed E-state index contributed by atoms with van der Waals surface area (Å²) in [7, 11) is 0. The molecule has 0 fully saturated rings. The normalized spacial score (nSPS) is 10.6. The Morgan fingerprint density at radius 1 is 1.27 bits per heavy atom. The Balaban J connectivity index is 1.85. The quantitative estimate of drug-likeness (QED) is 0.447. The fourth-order valence-electron chi connectivity index (χ4n) is 1.71. The van der Waals surface area contributed by atoms with Gasteiger partial charge in [0.2, 0.25) is 0 Å². The second-order valence-corrected chi connectivity index (χ2v) is 4.61. The third-order valence-corrected chi connectivity index (χ3v) is 2.80. The van der Waals surface area contributed by atoms with Crippen LogP contribution in [0.15, 0.2) is 47.6 Å². The lowest BCUT2D eigenvalue weighted by molar-refractivity contribution is -0.123. The van der Waals surface area contributed by atoms with Crippen molar-refractivity contribution in [3.8, 4) is 17.2 Å². The number of amides is 1. The summed E-state index contributed by atoms with van der Waals surface area (Å²) in [4.78, 5) is 11.6. The molecule has 0 aliphatic heterocycles. The maximum absolute atomic E-state index is 11.6. The number of aryl methyl sites for hydroxylation is 1. The summed E-state index contributed by atoms with van der Waals surface area (Å²) < 4.78 is 5.32. The van der Waals surface area contributed by atoms with Crippen LogP contribution in [-0.2, 0) is 4.79 Å². The number of carbonyl (C=O) groups excluding carboxylic acids is 1. The molecule has 114 valence electrons. The second kappa shape index (κ2) is 7.12. The van der Waals surface area contributed by atoms with E-state index in [0.29, 0.717) is 11.3 Å². The van der Waals surface area contributed by atoms with Gasteiger partial charge in [0, 0.05) is 5.56 Å². The summed E-state index contributed by atoms with van der Waals surface area (Å²) in [5, 5.41) is 22.6. The Labute approximate surface area is 127 Å². The smallest absolute Gasteiger partial charge is 0.277 e. The molecular weight excluding hydrogens is 284 g/mol. The van der Waals surface area contributed by atoms with Crippen LogP contribution in [0.4, 0.5) is 0 Å². The standard InChI is InChI=1S/C16H16N2O4/c1-11-4-2-6-13(8-11)22-10-15(20)18-17-9-12-5-3-7-14(19)16(12)21/h2-9,19,21H,10H2,1H3,(H,18,20)/b17-9+. The zero-order chi connectivity index (χ0) is 15.9. The van der Waals surface area contributed by atoms with Gasteiger partial charge < -0.3 is 14.9 Å². The van der Waals surface area contributed by atoms with Crippen LogP contribution < -0.4 is 10.2 Å². The van der Waals surface area contributed by atoms with E-state index in [1.807, 2.05) is 25.1 Å². The maximum atomic E-state index is 11.6. The van der Waals surface area contributed by atoms with Crippen LogP contribution in [0.3, 0.4) is 0 Å². The van der Waals surface area contributed by atoms with Gasteiger partial charge >= 0.3 is 0 Å². The van der Waals surface area contributed by atoms with Crippen LogP contribution in [0.2, 0.25) is 0 Å². The van der Waals surface area contributed by atoms with Gasteiger partial charge in [0.1, 0.15) is 5.75 Å². The Hall–Kier alpha value is -3.02. The number of para-hydroxylation sites is 1. The minimum atomic E-state index is -0.433. The second-order valence-electron chi connectivity index (χ2n) is 4.61. The molecule has 0 bridgehead atoms. The molecule has 0 spiro atoms. The number of hydrogen-bond donors (Lipinski definition) is 3. The molecule has 6 nitrogen and oxygen atoms in total. The van der Waals surface area contributed by atoms with E-state index in [-0.39, 0.29) is 18.1 Å². The Morgan fingerprint density at radius 2 is 2.05 bits per heavy atom. The summed E-state index contributed by atoms with van der Waals surface area (Å²) in [5.41, 5.74) is 3.60. The maximum Gasteiger partial charge on any atom is 0.277 e. The number of aromatic hydroxyl groups is 2. The number of nitrogens with zero attached hydrogens (tertiary/aromatic N) is 1. The zero-order valence-electron chi connectivity index (χ0n) is 12.0. The topological polar surface area (TPSA) is 91.2 Å². The molecule has 6 heteroatoms. The van der Waals surface area contributed by atoms with E-state index in [1.54, 1.807) is 18.2 Å². The van der Waals surface area contributed by atoms with E-state index < -0.39 is 5.91 Å². The highest BCUT2D eigenvalue weighted by Gasteiger charge is 2.04. The fourth-order valence-corrected chi connectivity index (χ4v) is 1.71. The van der Waals surface area contributed by atoms with E-state index >= 15 is 0 Å². The Kier molecular flexibility index (Phi) is 4.98. The third-order valence-electron chi connectivity index (χ3n) is 2.80. The fraction of sp³-hybridized carbons (Fsp3) is 0.125. The van der Waals surface area contributed by atoms with Gasteiger partial charge in [-0.1, -0.05) is 18.2 Å². The van der Waals surface area contributed by atoms with Gasteiger partial charge in [0.15, 0.2) is 18.1 Å². The van der Waals surface area contributed by atoms with Crippen molar-refractivity contribution >= 4 is 12.1 Å². The molecule has 0 heterocycles. The summed E-state index contributed by atoms with van der Waals surface area (Å²) in [6.07, 6.45) is 1.24. The van der Waals surface area contributed by atoms with Crippen LogP contribution in [0.25, 0.3) is 0 Å². The van der Waals surface area contributed by atoms with Gasteiger partial charge in [0.25, 0.3) is 5.91 Å². The largest absolute Gasteiger partial charge is 0.504 e. The highest BCUT2D eigenvalue weighted by Crippen LogP contribution is 2.26. The summed E-state index contributed by atoms with van der Waals surface area (Å²) >= 11 is 0. The van der Waals surface area contributed by atoms with E-state index in [4.69, 9.17) is 4.74 Å². The highest BCUT2D eigenvalue weighted by atomic mass is 16.5. The molecule has 0 unspecified atom stereocenters. The molecule has 0 saturated carbocycles. The van der Waals surface area contributed by atoms with Crippen molar-refractivity contribution in [3.63, 3.8) is 0 Å². The molecule has 2 rings (SSSR count). The van der Waals surface area contributed by atoms with Crippen molar-refractivity contribution in [1.82, 2.24) is 5.43 Å². The minimum absolute atomic E-state index is 0.174. The third kappa shape index (κ3) is 4.24. The summed E-state index contributed by atoms with van der Waals surface area (Å²) in [5.74, 6) is -0.378. The molecule has 0 saturated heterocycles. The zero-order valence-corrected chi connectivity index (χ0v) is 12.0. The van der Waals surface area contributed by atoms with Crippen molar-refractivity contribution in [2.45, 2.75) is 6.92 Å². The van der Waals surface area contributed by atoms with Gasteiger partial charge in [-0.2, -0.15) is 5.10 Å². The van der Waals surface area contributed by atoms with Crippen LogP contribution in [0.1, 0.15) is 11.1 Å². The van der Waals surface area contributed by atoms with E-state index in [9.17, 15) is 15.0 Å². The number of phenolic OH excluding ortho intramolecular Hbond substituents is 2. The molecule has 0 aliphatic rings. The first-order chi connectivity index (χ1) is 10.6. The van der Waals surface area contributed by atoms with Crippen molar-refractivity contribution in [2.24, 2.45) is 5.10 Å². The van der Waals surface area contributed by atoms with Crippen LogP contribution >= 0.6 is 0 Å². The number of carbonyl (C=O) groups is 1. The molecule has 0 aromatic heterocycles. The first kappa shape index (κ1) is 15.4. The molecule has 1 amide bonds. The predicted molar refractivity (Wildman–Crippen MR) is 82.2 cm³/mol. The molecule has 2 aromatic carbocycles.